The topological polar surface area (TPSA) is 3.24 Å². The number of hydrogen-bond acceptors (Lipinski definition) is 1. The van der Waals surface area contributed by atoms with Crippen LogP contribution in [0.4, 0.5) is 4.39 Å². The van der Waals surface area contributed by atoms with Gasteiger partial charge in [-0.25, -0.2) is 4.39 Å². The summed E-state index contributed by atoms with van der Waals surface area (Å²) in [5.41, 5.74) is 1.10. The zero-order chi connectivity index (χ0) is 10.6. The van der Waals surface area contributed by atoms with Crippen LogP contribution in [-0.4, -0.2) is 23.9 Å². The van der Waals surface area contributed by atoms with Crippen LogP contribution in [0.5, 0.6) is 0 Å². The number of halogens is 2. The molecule has 1 unspecified atom stereocenters. The number of nitrogens with zero attached hydrogens (tertiary/aromatic N) is 1. The highest BCUT2D eigenvalue weighted by Crippen LogP contribution is 2.08. The van der Waals surface area contributed by atoms with Crippen molar-refractivity contribution < 1.29 is 4.39 Å². The van der Waals surface area contributed by atoms with Gasteiger partial charge in [0.1, 0.15) is 5.82 Å². The average Bonchev–Trinajstić information content (AvgIpc) is 2.20. The first kappa shape index (κ1) is 11.5. The van der Waals surface area contributed by atoms with Crippen molar-refractivity contribution >= 4 is 11.6 Å². The Morgan fingerprint density at radius 2 is 1.93 bits per heavy atom. The Hall–Kier alpha value is -0.600. The molecule has 0 aliphatic rings. The lowest BCUT2D eigenvalue weighted by Crippen LogP contribution is -2.29. The molecule has 0 aliphatic carbocycles. The van der Waals surface area contributed by atoms with Crippen molar-refractivity contribution in [3.63, 3.8) is 0 Å². The van der Waals surface area contributed by atoms with Gasteiger partial charge in [0.2, 0.25) is 0 Å². The lowest BCUT2D eigenvalue weighted by atomic mass is 10.2. The molecule has 1 aromatic carbocycles. The number of rotatable bonds is 4. The summed E-state index contributed by atoms with van der Waals surface area (Å²) in [6, 6.07) is 6.89. The van der Waals surface area contributed by atoms with Gasteiger partial charge in [0.15, 0.2) is 0 Å². The number of benzene rings is 1. The summed E-state index contributed by atoms with van der Waals surface area (Å²) < 4.78 is 12.6. The summed E-state index contributed by atoms with van der Waals surface area (Å²) in [5.74, 6) is 0.416. The zero-order valence-corrected chi connectivity index (χ0v) is 9.26. The predicted molar refractivity (Wildman–Crippen MR) is 58.0 cm³/mol. The molecule has 0 fully saturated rings. The van der Waals surface area contributed by atoms with Gasteiger partial charge in [0, 0.05) is 18.5 Å². The maximum Gasteiger partial charge on any atom is 0.123 e. The minimum Gasteiger partial charge on any atom is -0.298 e. The van der Waals surface area contributed by atoms with Crippen LogP contribution < -0.4 is 0 Å². The first-order chi connectivity index (χ1) is 6.63. The fraction of sp³-hybridized carbons (Fsp3) is 0.455. The van der Waals surface area contributed by atoms with E-state index in [1.54, 1.807) is 12.1 Å². The van der Waals surface area contributed by atoms with Gasteiger partial charge < -0.3 is 0 Å². The second-order valence-corrected chi connectivity index (χ2v) is 3.85. The molecule has 3 heteroatoms. The van der Waals surface area contributed by atoms with E-state index in [2.05, 4.69) is 11.8 Å². The van der Waals surface area contributed by atoms with E-state index in [-0.39, 0.29) is 5.82 Å². The van der Waals surface area contributed by atoms with E-state index in [1.165, 1.54) is 12.1 Å². The lowest BCUT2D eigenvalue weighted by Gasteiger charge is -2.22. The van der Waals surface area contributed by atoms with Gasteiger partial charge >= 0.3 is 0 Å². The molecule has 0 N–H and O–H groups in total. The Bertz CT molecular complexity index is 273. The summed E-state index contributed by atoms with van der Waals surface area (Å²) in [4.78, 5) is 2.14. The molecule has 14 heavy (non-hydrogen) atoms. The molecule has 0 aromatic heterocycles. The normalized spacial score (nSPS) is 13.2. The van der Waals surface area contributed by atoms with E-state index >= 15 is 0 Å². The number of hydrogen-bond donors (Lipinski definition) is 0. The Kier molecular flexibility index (Phi) is 4.36. The maximum absolute atomic E-state index is 12.6. The molecule has 1 aromatic rings. The van der Waals surface area contributed by atoms with E-state index in [1.807, 2.05) is 7.05 Å². The highest BCUT2D eigenvalue weighted by molar-refractivity contribution is 6.18. The predicted octanol–water partition coefficient (Wildman–Crippen LogP) is 2.88. The van der Waals surface area contributed by atoms with E-state index in [4.69, 9.17) is 11.6 Å². The van der Waals surface area contributed by atoms with Gasteiger partial charge in [-0.15, -0.1) is 11.6 Å². The second kappa shape index (κ2) is 5.32. The average molecular weight is 216 g/mol. The van der Waals surface area contributed by atoms with Crippen molar-refractivity contribution in [3.8, 4) is 0 Å². The monoisotopic (exact) mass is 215 g/mol. The summed E-state index contributed by atoms with van der Waals surface area (Å²) >= 11 is 5.74. The van der Waals surface area contributed by atoms with Crippen LogP contribution in [0.3, 0.4) is 0 Å². The zero-order valence-electron chi connectivity index (χ0n) is 8.50. The summed E-state index contributed by atoms with van der Waals surface area (Å²) in [7, 11) is 2.01. The summed E-state index contributed by atoms with van der Waals surface area (Å²) in [5, 5.41) is 0. The van der Waals surface area contributed by atoms with Crippen LogP contribution in [0.2, 0.25) is 0 Å². The third kappa shape index (κ3) is 3.28. The fourth-order valence-electron chi connectivity index (χ4n) is 1.15. The van der Waals surface area contributed by atoms with Crippen LogP contribution in [-0.2, 0) is 6.54 Å². The molecule has 0 heterocycles. The minimum atomic E-state index is -0.193. The molecule has 1 atom stereocenters. The Morgan fingerprint density at radius 1 is 1.36 bits per heavy atom. The standard InChI is InChI=1S/C11H15ClFN/c1-9(7-12)14(2)8-10-3-5-11(13)6-4-10/h3-6,9H,7-8H2,1-2H3. The Balaban J connectivity index is 2.56. The molecule has 0 amide bonds. The minimum absolute atomic E-state index is 0.193. The third-order valence-electron chi connectivity index (χ3n) is 2.32. The molecule has 0 bridgehead atoms. The molecule has 0 aliphatic heterocycles. The molecule has 1 rings (SSSR count). The second-order valence-electron chi connectivity index (χ2n) is 3.54. The molecule has 0 spiro atoms. The van der Waals surface area contributed by atoms with Gasteiger partial charge in [-0.3, -0.25) is 4.90 Å². The molecular formula is C11H15ClFN. The first-order valence-corrected chi connectivity index (χ1v) is 5.17. The van der Waals surface area contributed by atoms with Gasteiger partial charge in [0.05, 0.1) is 0 Å². The molecule has 0 radical (unpaired) electrons. The third-order valence-corrected chi connectivity index (χ3v) is 2.77. The molecule has 0 saturated heterocycles. The fourth-order valence-corrected chi connectivity index (χ4v) is 1.39. The van der Waals surface area contributed by atoms with E-state index in [0.29, 0.717) is 11.9 Å². The van der Waals surface area contributed by atoms with Crippen LogP contribution in [0.25, 0.3) is 0 Å². The Labute approximate surface area is 89.5 Å². The van der Waals surface area contributed by atoms with Crippen molar-refractivity contribution in [2.45, 2.75) is 19.5 Å². The maximum atomic E-state index is 12.6. The van der Waals surface area contributed by atoms with Gasteiger partial charge in [-0.05, 0) is 31.7 Å². The number of alkyl halides is 1. The van der Waals surface area contributed by atoms with E-state index in [0.717, 1.165) is 12.1 Å². The molecular weight excluding hydrogens is 201 g/mol. The van der Waals surface area contributed by atoms with Crippen molar-refractivity contribution in [1.82, 2.24) is 4.90 Å². The lowest BCUT2D eigenvalue weighted by molar-refractivity contribution is 0.268. The Morgan fingerprint density at radius 3 is 2.43 bits per heavy atom. The molecule has 0 saturated carbocycles. The van der Waals surface area contributed by atoms with Crippen molar-refractivity contribution in [2.24, 2.45) is 0 Å². The van der Waals surface area contributed by atoms with Crippen molar-refractivity contribution in [1.29, 1.82) is 0 Å². The van der Waals surface area contributed by atoms with Crippen LogP contribution in [0, 0.1) is 5.82 Å². The SMILES string of the molecule is CC(CCl)N(C)Cc1ccc(F)cc1. The molecule has 78 valence electrons. The summed E-state index contributed by atoms with van der Waals surface area (Å²) in [6.07, 6.45) is 0. The van der Waals surface area contributed by atoms with Crippen LogP contribution in [0.15, 0.2) is 24.3 Å². The van der Waals surface area contributed by atoms with Gasteiger partial charge in [0.25, 0.3) is 0 Å². The largest absolute Gasteiger partial charge is 0.298 e. The van der Waals surface area contributed by atoms with Crippen LogP contribution >= 0.6 is 11.6 Å². The van der Waals surface area contributed by atoms with E-state index < -0.39 is 0 Å². The highest BCUT2D eigenvalue weighted by atomic mass is 35.5. The van der Waals surface area contributed by atoms with Crippen LogP contribution in [0.1, 0.15) is 12.5 Å². The first-order valence-electron chi connectivity index (χ1n) is 4.64. The molecule has 1 nitrogen and oxygen atoms in total. The van der Waals surface area contributed by atoms with Crippen molar-refractivity contribution in [3.05, 3.63) is 35.6 Å². The van der Waals surface area contributed by atoms with E-state index in [9.17, 15) is 4.39 Å². The highest BCUT2D eigenvalue weighted by Gasteiger charge is 2.07. The van der Waals surface area contributed by atoms with Gasteiger partial charge in [-0.1, -0.05) is 12.1 Å². The smallest absolute Gasteiger partial charge is 0.123 e. The summed E-state index contributed by atoms with van der Waals surface area (Å²) in [6.45, 7) is 2.87. The van der Waals surface area contributed by atoms with Gasteiger partial charge in [-0.2, -0.15) is 0 Å². The van der Waals surface area contributed by atoms with Crippen molar-refractivity contribution in [2.75, 3.05) is 12.9 Å². The quantitative estimate of drug-likeness (QED) is 0.699.